The minimum atomic E-state index is 0.740. The summed E-state index contributed by atoms with van der Waals surface area (Å²) in [5, 5.41) is 0. The van der Waals surface area contributed by atoms with E-state index in [2.05, 4.69) is 6.92 Å². The molecule has 0 unspecified atom stereocenters. The first kappa shape index (κ1) is 14.2. The van der Waals surface area contributed by atoms with Crippen molar-refractivity contribution < 1.29 is 9.47 Å². The van der Waals surface area contributed by atoms with E-state index < -0.39 is 0 Å². The van der Waals surface area contributed by atoms with Crippen LogP contribution in [-0.4, -0.2) is 19.1 Å². The summed E-state index contributed by atoms with van der Waals surface area (Å²) in [4.78, 5) is 0. The van der Waals surface area contributed by atoms with Crippen molar-refractivity contribution in [3.05, 3.63) is 24.3 Å². The SMILES string of the molecule is CCCOc1ccc(OCCCCCCl)cc1. The van der Waals surface area contributed by atoms with Crippen molar-refractivity contribution in [1.82, 2.24) is 0 Å². The number of ether oxygens (including phenoxy) is 2. The standard InChI is InChI=1S/C14H21ClO2/c1-2-11-16-13-6-8-14(9-7-13)17-12-5-3-4-10-15/h6-9H,2-5,10-12H2,1H3. The van der Waals surface area contributed by atoms with E-state index in [4.69, 9.17) is 21.1 Å². The van der Waals surface area contributed by atoms with Gasteiger partial charge in [0.05, 0.1) is 13.2 Å². The Balaban J connectivity index is 2.20. The van der Waals surface area contributed by atoms with Crippen molar-refractivity contribution in [1.29, 1.82) is 0 Å². The van der Waals surface area contributed by atoms with Crippen LogP contribution in [0.3, 0.4) is 0 Å². The second kappa shape index (κ2) is 9.17. The third-order valence-electron chi connectivity index (χ3n) is 2.34. The van der Waals surface area contributed by atoms with Crippen LogP contribution in [-0.2, 0) is 0 Å². The monoisotopic (exact) mass is 256 g/mol. The molecule has 2 nitrogen and oxygen atoms in total. The Labute approximate surface area is 109 Å². The van der Waals surface area contributed by atoms with Crippen LogP contribution in [0.15, 0.2) is 24.3 Å². The molecule has 3 heteroatoms. The van der Waals surface area contributed by atoms with E-state index in [1.54, 1.807) is 0 Å². The van der Waals surface area contributed by atoms with Crippen LogP contribution in [0.25, 0.3) is 0 Å². The zero-order valence-electron chi connectivity index (χ0n) is 10.5. The Morgan fingerprint density at radius 3 is 2.00 bits per heavy atom. The molecule has 0 saturated heterocycles. The summed E-state index contributed by atoms with van der Waals surface area (Å²) in [6.45, 7) is 3.61. The van der Waals surface area contributed by atoms with Gasteiger partial charge in [0.25, 0.3) is 0 Å². The molecule has 0 saturated carbocycles. The van der Waals surface area contributed by atoms with Crippen molar-refractivity contribution in [2.45, 2.75) is 32.6 Å². The normalized spacial score (nSPS) is 10.2. The Bertz CT molecular complexity index is 285. The molecule has 1 aromatic carbocycles. The summed E-state index contributed by atoms with van der Waals surface area (Å²) in [6.07, 6.45) is 4.27. The number of hydrogen-bond donors (Lipinski definition) is 0. The third kappa shape index (κ3) is 6.42. The van der Waals surface area contributed by atoms with Crippen molar-refractivity contribution in [3.8, 4) is 11.5 Å². The third-order valence-corrected chi connectivity index (χ3v) is 2.61. The Morgan fingerprint density at radius 1 is 0.882 bits per heavy atom. The first-order chi connectivity index (χ1) is 8.36. The minimum Gasteiger partial charge on any atom is -0.494 e. The van der Waals surface area contributed by atoms with Crippen LogP contribution < -0.4 is 9.47 Å². The number of alkyl halides is 1. The van der Waals surface area contributed by atoms with Crippen molar-refractivity contribution >= 4 is 11.6 Å². The van der Waals surface area contributed by atoms with Crippen LogP contribution in [0.4, 0.5) is 0 Å². The lowest BCUT2D eigenvalue weighted by atomic mass is 10.2. The van der Waals surface area contributed by atoms with E-state index in [0.717, 1.165) is 56.3 Å². The van der Waals surface area contributed by atoms with E-state index in [1.807, 2.05) is 24.3 Å². The molecular formula is C14H21ClO2. The number of halogens is 1. The van der Waals surface area contributed by atoms with Gasteiger partial charge >= 0.3 is 0 Å². The van der Waals surface area contributed by atoms with E-state index in [0.29, 0.717) is 0 Å². The van der Waals surface area contributed by atoms with Gasteiger partial charge in [-0.05, 0) is 49.9 Å². The summed E-state index contributed by atoms with van der Waals surface area (Å²) < 4.78 is 11.1. The highest BCUT2D eigenvalue weighted by Crippen LogP contribution is 2.18. The van der Waals surface area contributed by atoms with Crippen LogP contribution >= 0.6 is 11.6 Å². The van der Waals surface area contributed by atoms with Crippen LogP contribution in [0, 0.1) is 0 Å². The topological polar surface area (TPSA) is 18.5 Å². The van der Waals surface area contributed by atoms with Gasteiger partial charge in [-0.3, -0.25) is 0 Å². The zero-order chi connectivity index (χ0) is 12.3. The van der Waals surface area contributed by atoms with Gasteiger partial charge in [0.15, 0.2) is 0 Å². The Morgan fingerprint density at radius 2 is 1.47 bits per heavy atom. The number of benzene rings is 1. The fourth-order valence-corrected chi connectivity index (χ4v) is 1.60. The maximum Gasteiger partial charge on any atom is 0.119 e. The van der Waals surface area contributed by atoms with E-state index in [1.165, 1.54) is 0 Å². The largest absolute Gasteiger partial charge is 0.494 e. The maximum atomic E-state index is 5.61. The molecular weight excluding hydrogens is 236 g/mol. The average molecular weight is 257 g/mol. The molecule has 96 valence electrons. The number of rotatable bonds is 9. The lowest BCUT2D eigenvalue weighted by molar-refractivity contribution is 0.302. The lowest BCUT2D eigenvalue weighted by Crippen LogP contribution is -1.98. The first-order valence-corrected chi connectivity index (χ1v) is 6.82. The van der Waals surface area contributed by atoms with Gasteiger partial charge in [0.2, 0.25) is 0 Å². The van der Waals surface area contributed by atoms with Crippen molar-refractivity contribution in [2.75, 3.05) is 19.1 Å². The summed E-state index contributed by atoms with van der Waals surface area (Å²) >= 11 is 5.60. The predicted octanol–water partition coefficient (Wildman–Crippen LogP) is 4.26. The van der Waals surface area contributed by atoms with Crippen molar-refractivity contribution in [3.63, 3.8) is 0 Å². The molecule has 1 rings (SSSR count). The molecule has 0 aromatic heterocycles. The molecule has 0 spiro atoms. The van der Waals surface area contributed by atoms with E-state index in [-0.39, 0.29) is 0 Å². The second-order valence-electron chi connectivity index (χ2n) is 3.92. The summed E-state index contributed by atoms with van der Waals surface area (Å²) in [5.41, 5.74) is 0. The molecule has 1 aromatic rings. The quantitative estimate of drug-likeness (QED) is 0.485. The van der Waals surface area contributed by atoms with Gasteiger partial charge in [0.1, 0.15) is 11.5 Å². The summed E-state index contributed by atoms with van der Waals surface area (Å²) in [7, 11) is 0. The predicted molar refractivity (Wildman–Crippen MR) is 72.3 cm³/mol. The second-order valence-corrected chi connectivity index (χ2v) is 4.30. The highest BCUT2D eigenvalue weighted by Gasteiger charge is 1.96. The fraction of sp³-hybridized carbons (Fsp3) is 0.571. The maximum absolute atomic E-state index is 5.61. The summed E-state index contributed by atoms with van der Waals surface area (Å²) in [6, 6.07) is 7.80. The highest BCUT2D eigenvalue weighted by molar-refractivity contribution is 6.17. The molecule has 0 amide bonds. The number of unbranched alkanes of at least 4 members (excludes halogenated alkanes) is 2. The van der Waals surface area contributed by atoms with Crippen molar-refractivity contribution in [2.24, 2.45) is 0 Å². The number of hydrogen-bond acceptors (Lipinski definition) is 2. The Hall–Kier alpha value is -0.890. The van der Waals surface area contributed by atoms with Crippen LogP contribution in [0.1, 0.15) is 32.6 Å². The molecule has 0 heterocycles. The van der Waals surface area contributed by atoms with Crippen LogP contribution in [0.5, 0.6) is 11.5 Å². The van der Waals surface area contributed by atoms with E-state index in [9.17, 15) is 0 Å². The molecule has 0 atom stereocenters. The minimum absolute atomic E-state index is 0.740. The molecule has 0 radical (unpaired) electrons. The molecule has 0 aliphatic heterocycles. The molecule has 0 aliphatic rings. The molecule has 0 N–H and O–H groups in total. The van der Waals surface area contributed by atoms with Crippen LogP contribution in [0.2, 0.25) is 0 Å². The van der Waals surface area contributed by atoms with E-state index >= 15 is 0 Å². The van der Waals surface area contributed by atoms with Gasteiger partial charge in [0, 0.05) is 5.88 Å². The molecule has 0 fully saturated rings. The smallest absolute Gasteiger partial charge is 0.119 e. The van der Waals surface area contributed by atoms with Gasteiger partial charge in [-0.15, -0.1) is 11.6 Å². The van der Waals surface area contributed by atoms with Gasteiger partial charge in [-0.25, -0.2) is 0 Å². The Kier molecular flexibility index (Phi) is 7.65. The highest BCUT2D eigenvalue weighted by atomic mass is 35.5. The fourth-order valence-electron chi connectivity index (χ4n) is 1.42. The average Bonchev–Trinajstić information content (AvgIpc) is 2.37. The van der Waals surface area contributed by atoms with Gasteiger partial charge in [-0.1, -0.05) is 6.92 Å². The first-order valence-electron chi connectivity index (χ1n) is 6.28. The van der Waals surface area contributed by atoms with Gasteiger partial charge < -0.3 is 9.47 Å². The lowest BCUT2D eigenvalue weighted by Gasteiger charge is -2.07. The summed E-state index contributed by atoms with van der Waals surface area (Å²) in [5.74, 6) is 2.55. The molecule has 17 heavy (non-hydrogen) atoms. The zero-order valence-corrected chi connectivity index (χ0v) is 11.2. The molecule has 0 aliphatic carbocycles. The molecule has 0 bridgehead atoms. The van der Waals surface area contributed by atoms with Gasteiger partial charge in [-0.2, -0.15) is 0 Å².